The lowest BCUT2D eigenvalue weighted by Crippen LogP contribution is -2.46. The third kappa shape index (κ3) is 4.46. The van der Waals surface area contributed by atoms with Crippen molar-refractivity contribution < 1.29 is 30.3 Å². The summed E-state index contributed by atoms with van der Waals surface area (Å²) in [7, 11) is 0. The van der Waals surface area contributed by atoms with Crippen LogP contribution in [0, 0.1) is 0 Å². The minimum absolute atomic E-state index is 0. The molecular formula is C6H12O6Si. The first-order valence-corrected chi connectivity index (χ1v) is 3.33. The van der Waals surface area contributed by atoms with E-state index >= 15 is 0 Å². The fraction of sp³-hybridized carbons (Fsp3) is 0.833. The van der Waals surface area contributed by atoms with E-state index in [0.29, 0.717) is 0 Å². The first-order chi connectivity index (χ1) is 5.54. The molecule has 0 spiro atoms. The van der Waals surface area contributed by atoms with Crippen molar-refractivity contribution in [3.63, 3.8) is 0 Å². The van der Waals surface area contributed by atoms with Gasteiger partial charge in [-0.1, -0.05) is 0 Å². The topological polar surface area (TPSA) is 118 Å². The monoisotopic (exact) mass is 208 g/mol. The molecule has 0 amide bonds. The number of rotatable bonds is 5. The van der Waals surface area contributed by atoms with Crippen molar-refractivity contribution in [3.05, 3.63) is 0 Å². The van der Waals surface area contributed by atoms with Gasteiger partial charge in [0.1, 0.15) is 24.4 Å². The number of aldehydes is 1. The molecule has 13 heavy (non-hydrogen) atoms. The maximum Gasteiger partial charge on any atom is 0.151 e. The van der Waals surface area contributed by atoms with E-state index in [1.54, 1.807) is 0 Å². The Kier molecular flexibility index (Phi) is 8.32. The second kappa shape index (κ2) is 7.13. The van der Waals surface area contributed by atoms with E-state index in [4.69, 9.17) is 25.5 Å². The third-order valence-corrected chi connectivity index (χ3v) is 1.42. The molecule has 0 aliphatic rings. The van der Waals surface area contributed by atoms with Gasteiger partial charge < -0.3 is 30.3 Å². The van der Waals surface area contributed by atoms with Crippen LogP contribution >= 0.6 is 0 Å². The molecule has 0 fully saturated rings. The molecule has 4 radical (unpaired) electrons. The summed E-state index contributed by atoms with van der Waals surface area (Å²) in [5.74, 6) is 0. The van der Waals surface area contributed by atoms with Gasteiger partial charge in [0, 0.05) is 11.0 Å². The Balaban J connectivity index is 0. The quantitative estimate of drug-likeness (QED) is 0.234. The molecule has 4 atom stereocenters. The van der Waals surface area contributed by atoms with Gasteiger partial charge in [-0.25, -0.2) is 0 Å². The van der Waals surface area contributed by atoms with Gasteiger partial charge in [-0.3, -0.25) is 0 Å². The summed E-state index contributed by atoms with van der Waals surface area (Å²) in [6.45, 7) is -0.760. The summed E-state index contributed by atoms with van der Waals surface area (Å²) in [6.07, 6.45) is -6.84. The van der Waals surface area contributed by atoms with Gasteiger partial charge in [0.25, 0.3) is 0 Å². The van der Waals surface area contributed by atoms with Crippen molar-refractivity contribution in [2.75, 3.05) is 6.61 Å². The van der Waals surface area contributed by atoms with Crippen LogP contribution in [0.15, 0.2) is 0 Å². The van der Waals surface area contributed by atoms with E-state index < -0.39 is 31.0 Å². The number of hydrogen-bond acceptors (Lipinski definition) is 6. The van der Waals surface area contributed by atoms with Crippen LogP contribution in [0.2, 0.25) is 0 Å². The first kappa shape index (κ1) is 15.2. The Morgan fingerprint density at radius 2 is 1.54 bits per heavy atom. The molecule has 0 rings (SSSR count). The van der Waals surface area contributed by atoms with Gasteiger partial charge in [0.05, 0.1) is 6.61 Å². The maximum atomic E-state index is 9.90. The van der Waals surface area contributed by atoms with Gasteiger partial charge in [0.2, 0.25) is 0 Å². The minimum Gasteiger partial charge on any atom is -0.394 e. The molecule has 5 N–H and O–H groups in total. The van der Waals surface area contributed by atoms with Crippen LogP contribution in [0.5, 0.6) is 0 Å². The Morgan fingerprint density at radius 1 is 1.08 bits per heavy atom. The van der Waals surface area contributed by atoms with Crippen molar-refractivity contribution in [2.24, 2.45) is 0 Å². The molecule has 0 aromatic carbocycles. The molecule has 0 saturated carbocycles. The van der Waals surface area contributed by atoms with Crippen molar-refractivity contribution in [3.8, 4) is 0 Å². The van der Waals surface area contributed by atoms with E-state index in [0.717, 1.165) is 0 Å². The van der Waals surface area contributed by atoms with Crippen molar-refractivity contribution in [1.82, 2.24) is 0 Å². The molecular weight excluding hydrogens is 196 g/mol. The van der Waals surface area contributed by atoms with Crippen LogP contribution in [0.25, 0.3) is 0 Å². The number of aliphatic hydroxyl groups is 5. The maximum absolute atomic E-state index is 9.90. The normalized spacial score (nSPS) is 19.5. The van der Waals surface area contributed by atoms with E-state index in [-0.39, 0.29) is 17.3 Å². The molecule has 0 heterocycles. The van der Waals surface area contributed by atoms with Crippen LogP contribution in [0.3, 0.4) is 0 Å². The highest BCUT2D eigenvalue weighted by Gasteiger charge is 2.29. The van der Waals surface area contributed by atoms with Crippen LogP contribution in [-0.4, -0.2) is 73.8 Å². The van der Waals surface area contributed by atoms with Crippen molar-refractivity contribution in [2.45, 2.75) is 24.4 Å². The SMILES string of the molecule is O=C[C@H](O)[C@@H](O)[C@H](O)[C@H](O)CO.[Si]. The van der Waals surface area contributed by atoms with Crippen LogP contribution in [0.1, 0.15) is 0 Å². The zero-order chi connectivity index (χ0) is 9.72. The lowest BCUT2D eigenvalue weighted by molar-refractivity contribution is -0.136. The zero-order valence-electron chi connectivity index (χ0n) is 6.74. The predicted molar refractivity (Wildman–Crippen MR) is 42.9 cm³/mol. The number of aliphatic hydroxyl groups excluding tert-OH is 5. The van der Waals surface area contributed by atoms with Crippen LogP contribution < -0.4 is 0 Å². The second-order valence-electron chi connectivity index (χ2n) is 2.36. The van der Waals surface area contributed by atoms with Gasteiger partial charge in [0.15, 0.2) is 6.29 Å². The van der Waals surface area contributed by atoms with Crippen LogP contribution in [-0.2, 0) is 4.79 Å². The average molecular weight is 208 g/mol. The lowest BCUT2D eigenvalue weighted by atomic mass is 10.0. The summed E-state index contributed by atoms with van der Waals surface area (Å²) in [5.41, 5.74) is 0. The largest absolute Gasteiger partial charge is 0.394 e. The third-order valence-electron chi connectivity index (χ3n) is 1.42. The van der Waals surface area contributed by atoms with Gasteiger partial charge >= 0.3 is 0 Å². The highest BCUT2D eigenvalue weighted by Crippen LogP contribution is 2.02. The molecule has 76 valence electrons. The van der Waals surface area contributed by atoms with E-state index in [2.05, 4.69) is 0 Å². The second-order valence-corrected chi connectivity index (χ2v) is 2.36. The fourth-order valence-corrected chi connectivity index (χ4v) is 0.618. The van der Waals surface area contributed by atoms with E-state index in [9.17, 15) is 4.79 Å². The highest BCUT2D eigenvalue weighted by atomic mass is 28.1. The van der Waals surface area contributed by atoms with Gasteiger partial charge in [-0.15, -0.1) is 0 Å². The van der Waals surface area contributed by atoms with Crippen molar-refractivity contribution in [1.29, 1.82) is 0 Å². The minimum atomic E-state index is -1.79. The van der Waals surface area contributed by atoms with Gasteiger partial charge in [-0.05, 0) is 0 Å². The molecule has 0 bridgehead atoms. The molecule has 0 saturated heterocycles. The summed E-state index contributed by atoms with van der Waals surface area (Å²) in [4.78, 5) is 9.90. The summed E-state index contributed by atoms with van der Waals surface area (Å²) in [5, 5.41) is 43.5. The summed E-state index contributed by atoms with van der Waals surface area (Å²) in [6, 6.07) is 0. The lowest BCUT2D eigenvalue weighted by Gasteiger charge is -2.22. The Hall–Kier alpha value is -0.313. The molecule has 0 unspecified atom stereocenters. The first-order valence-electron chi connectivity index (χ1n) is 3.33. The molecule has 6 nitrogen and oxygen atoms in total. The Bertz CT molecular complexity index is 143. The van der Waals surface area contributed by atoms with Gasteiger partial charge in [-0.2, -0.15) is 0 Å². The molecule has 0 aliphatic heterocycles. The van der Waals surface area contributed by atoms with Crippen molar-refractivity contribution >= 4 is 17.3 Å². The molecule has 0 aliphatic carbocycles. The summed E-state index contributed by atoms with van der Waals surface area (Å²) < 4.78 is 0. The predicted octanol–water partition coefficient (Wildman–Crippen LogP) is -3.76. The molecule has 7 heteroatoms. The molecule has 0 aromatic rings. The van der Waals surface area contributed by atoms with E-state index in [1.807, 2.05) is 0 Å². The number of carbonyl (C=O) groups is 1. The summed E-state index contributed by atoms with van der Waals surface area (Å²) >= 11 is 0. The standard InChI is InChI=1S/C6H12O6.Si/c7-1-3(9)5(11)6(12)4(10)2-8;/h1,3-6,8-12H,2H2;/t3-,4+,5+,6+;/m0./s1. The Morgan fingerprint density at radius 3 is 1.85 bits per heavy atom. The van der Waals surface area contributed by atoms with Crippen LogP contribution in [0.4, 0.5) is 0 Å². The fourth-order valence-electron chi connectivity index (χ4n) is 0.618. The zero-order valence-corrected chi connectivity index (χ0v) is 7.74. The average Bonchev–Trinajstić information content (AvgIpc) is 2.12. The van der Waals surface area contributed by atoms with E-state index in [1.165, 1.54) is 0 Å². The molecule has 0 aromatic heterocycles. The smallest absolute Gasteiger partial charge is 0.151 e. The Labute approximate surface area is 79.5 Å². The highest BCUT2D eigenvalue weighted by molar-refractivity contribution is 5.75. The number of hydrogen-bond donors (Lipinski definition) is 5. The number of carbonyl (C=O) groups excluding carboxylic acids is 1.